The van der Waals surface area contributed by atoms with Gasteiger partial charge in [-0.15, -0.1) is 0 Å². The number of ether oxygens (including phenoxy) is 1. The topological polar surface area (TPSA) is 55.4 Å². The van der Waals surface area contributed by atoms with Gasteiger partial charge in [0.1, 0.15) is 11.6 Å². The van der Waals surface area contributed by atoms with E-state index in [1.54, 1.807) is 0 Å². The molecule has 2 rings (SSSR count). The van der Waals surface area contributed by atoms with E-state index in [2.05, 4.69) is 5.32 Å². The van der Waals surface area contributed by atoms with Crippen molar-refractivity contribution in [1.82, 2.24) is 0 Å². The Labute approximate surface area is 140 Å². The molecule has 23 heavy (non-hydrogen) atoms. The molecule has 0 aliphatic carbocycles. The molecular weight excluding hydrogens is 351 g/mol. The highest BCUT2D eigenvalue weighted by molar-refractivity contribution is 6.36. The van der Waals surface area contributed by atoms with E-state index in [1.807, 2.05) is 0 Å². The molecule has 0 saturated carbocycles. The van der Waals surface area contributed by atoms with Gasteiger partial charge in [-0.2, -0.15) is 0 Å². The van der Waals surface area contributed by atoms with Crippen LogP contribution in [0.25, 0.3) is 0 Å². The number of esters is 1. The number of amides is 1. The molecule has 0 aliphatic heterocycles. The molecule has 0 atom stereocenters. The van der Waals surface area contributed by atoms with Gasteiger partial charge in [0.05, 0.1) is 10.6 Å². The number of anilines is 1. The van der Waals surface area contributed by atoms with Gasteiger partial charge in [0, 0.05) is 16.8 Å². The van der Waals surface area contributed by atoms with Crippen molar-refractivity contribution in [3.8, 4) is 0 Å². The smallest absolute Gasteiger partial charge is 0.340 e. The molecule has 1 amide bonds. The average molecular weight is 360 g/mol. The highest BCUT2D eigenvalue weighted by Gasteiger charge is 2.14. The van der Waals surface area contributed by atoms with Gasteiger partial charge >= 0.3 is 5.97 Å². The normalized spacial score (nSPS) is 10.3. The lowest BCUT2D eigenvalue weighted by Gasteiger charge is -2.08. The maximum absolute atomic E-state index is 13.0. The summed E-state index contributed by atoms with van der Waals surface area (Å²) in [7, 11) is 0. The summed E-state index contributed by atoms with van der Waals surface area (Å²) < 4.78 is 30.8. The van der Waals surface area contributed by atoms with Crippen LogP contribution in [0, 0.1) is 11.6 Å². The van der Waals surface area contributed by atoms with Crippen molar-refractivity contribution in [3.63, 3.8) is 0 Å². The van der Waals surface area contributed by atoms with Gasteiger partial charge in [0.2, 0.25) is 0 Å². The highest BCUT2D eigenvalue weighted by atomic mass is 35.5. The van der Waals surface area contributed by atoms with Crippen molar-refractivity contribution >= 4 is 40.8 Å². The minimum absolute atomic E-state index is 0.0423. The van der Waals surface area contributed by atoms with E-state index in [1.165, 1.54) is 18.2 Å². The molecule has 2 aromatic carbocycles. The molecule has 0 saturated heterocycles. The molecule has 0 spiro atoms. The largest absolute Gasteiger partial charge is 0.452 e. The molecule has 2 aromatic rings. The van der Waals surface area contributed by atoms with E-state index in [0.29, 0.717) is 11.1 Å². The summed E-state index contributed by atoms with van der Waals surface area (Å²) in [5.41, 5.74) is -0.0475. The lowest BCUT2D eigenvalue weighted by atomic mass is 10.2. The van der Waals surface area contributed by atoms with E-state index < -0.39 is 30.1 Å². The Kier molecular flexibility index (Phi) is 5.52. The molecule has 0 heterocycles. The average Bonchev–Trinajstić information content (AvgIpc) is 2.43. The van der Waals surface area contributed by atoms with E-state index in [0.717, 1.165) is 12.1 Å². The third-order valence-electron chi connectivity index (χ3n) is 2.63. The number of carbonyl (C=O) groups excluding carboxylic acids is 2. The summed E-state index contributed by atoms with van der Waals surface area (Å²) in [5.74, 6) is -3.27. The van der Waals surface area contributed by atoms with Crippen LogP contribution in [-0.2, 0) is 9.53 Å². The summed E-state index contributed by atoms with van der Waals surface area (Å²) in [6.07, 6.45) is 0. The van der Waals surface area contributed by atoms with Crippen LogP contribution in [0.1, 0.15) is 10.4 Å². The maximum Gasteiger partial charge on any atom is 0.340 e. The first-order valence-corrected chi connectivity index (χ1v) is 6.99. The Bertz CT molecular complexity index is 748. The Balaban J connectivity index is 1.94. The molecule has 8 heteroatoms. The van der Waals surface area contributed by atoms with E-state index in [9.17, 15) is 18.4 Å². The summed E-state index contributed by atoms with van der Waals surface area (Å²) >= 11 is 11.5. The molecule has 0 aromatic heterocycles. The van der Waals surface area contributed by atoms with Crippen molar-refractivity contribution < 1.29 is 23.1 Å². The monoisotopic (exact) mass is 359 g/mol. The van der Waals surface area contributed by atoms with Gasteiger partial charge in [-0.05, 0) is 30.3 Å². The quantitative estimate of drug-likeness (QED) is 0.837. The fraction of sp³-hybridized carbons (Fsp3) is 0.0667. The SMILES string of the molecule is O=C(COC(=O)c1ccc(Cl)cc1Cl)Nc1cc(F)cc(F)c1. The van der Waals surface area contributed by atoms with E-state index in [4.69, 9.17) is 27.9 Å². The summed E-state index contributed by atoms with van der Waals surface area (Å²) in [6, 6.07) is 6.68. The van der Waals surface area contributed by atoms with Crippen molar-refractivity contribution in [1.29, 1.82) is 0 Å². The second kappa shape index (κ2) is 7.39. The van der Waals surface area contributed by atoms with Crippen LogP contribution >= 0.6 is 23.2 Å². The Hall–Kier alpha value is -2.18. The molecule has 0 radical (unpaired) electrons. The lowest BCUT2D eigenvalue weighted by molar-refractivity contribution is -0.119. The zero-order valence-corrected chi connectivity index (χ0v) is 12.9. The summed E-state index contributed by atoms with van der Waals surface area (Å²) in [6.45, 7) is -0.643. The number of hydrogen-bond donors (Lipinski definition) is 1. The number of benzene rings is 2. The fourth-order valence-electron chi connectivity index (χ4n) is 1.69. The summed E-state index contributed by atoms with van der Waals surface area (Å²) in [5, 5.41) is 2.63. The molecule has 0 aliphatic rings. The minimum atomic E-state index is -0.842. The lowest BCUT2D eigenvalue weighted by Crippen LogP contribution is -2.21. The van der Waals surface area contributed by atoms with Gasteiger partial charge in [-0.25, -0.2) is 13.6 Å². The summed E-state index contributed by atoms with van der Waals surface area (Å²) in [4.78, 5) is 23.4. The Morgan fingerprint density at radius 1 is 1.04 bits per heavy atom. The molecule has 1 N–H and O–H groups in total. The van der Waals surface area contributed by atoms with Gasteiger partial charge in [-0.3, -0.25) is 4.79 Å². The van der Waals surface area contributed by atoms with Crippen LogP contribution in [0.2, 0.25) is 10.0 Å². The number of rotatable bonds is 4. The zero-order chi connectivity index (χ0) is 17.0. The predicted molar refractivity (Wildman–Crippen MR) is 81.7 cm³/mol. The van der Waals surface area contributed by atoms with Gasteiger partial charge in [0.15, 0.2) is 6.61 Å². The van der Waals surface area contributed by atoms with Gasteiger partial charge < -0.3 is 10.1 Å². The minimum Gasteiger partial charge on any atom is -0.452 e. The van der Waals surface area contributed by atoms with E-state index in [-0.39, 0.29) is 16.3 Å². The number of hydrogen-bond acceptors (Lipinski definition) is 3. The van der Waals surface area contributed by atoms with Crippen molar-refractivity contribution in [2.45, 2.75) is 0 Å². The standard InChI is InChI=1S/C15H9Cl2F2NO3/c16-8-1-2-12(13(17)3-8)15(22)23-7-14(21)20-11-5-9(18)4-10(19)6-11/h1-6H,7H2,(H,20,21). The third-order valence-corrected chi connectivity index (χ3v) is 3.18. The second-order valence-electron chi connectivity index (χ2n) is 4.41. The molecule has 4 nitrogen and oxygen atoms in total. The molecule has 120 valence electrons. The van der Waals surface area contributed by atoms with Crippen molar-refractivity contribution in [3.05, 3.63) is 63.6 Å². The molecule has 0 bridgehead atoms. The van der Waals surface area contributed by atoms with Crippen LogP contribution in [0.3, 0.4) is 0 Å². The van der Waals surface area contributed by atoms with Crippen molar-refractivity contribution in [2.75, 3.05) is 11.9 Å². The second-order valence-corrected chi connectivity index (χ2v) is 5.25. The third kappa shape index (κ3) is 4.91. The Morgan fingerprint density at radius 2 is 1.70 bits per heavy atom. The highest BCUT2D eigenvalue weighted by Crippen LogP contribution is 2.21. The maximum atomic E-state index is 13.0. The molecule has 0 unspecified atom stereocenters. The van der Waals surface area contributed by atoms with Crippen molar-refractivity contribution in [2.24, 2.45) is 0 Å². The van der Waals surface area contributed by atoms with Crippen LogP contribution < -0.4 is 5.32 Å². The Morgan fingerprint density at radius 3 is 2.30 bits per heavy atom. The number of halogens is 4. The molecular formula is C15H9Cl2F2NO3. The number of nitrogens with one attached hydrogen (secondary N) is 1. The first-order valence-electron chi connectivity index (χ1n) is 6.23. The van der Waals surface area contributed by atoms with Gasteiger partial charge in [-0.1, -0.05) is 23.2 Å². The first kappa shape index (κ1) is 17.2. The van der Waals surface area contributed by atoms with Gasteiger partial charge in [0.25, 0.3) is 5.91 Å². The van der Waals surface area contributed by atoms with Crippen LogP contribution in [0.5, 0.6) is 0 Å². The van der Waals surface area contributed by atoms with Crippen LogP contribution in [0.4, 0.5) is 14.5 Å². The van der Waals surface area contributed by atoms with Crippen LogP contribution in [0.15, 0.2) is 36.4 Å². The fourth-order valence-corrected chi connectivity index (χ4v) is 2.17. The van der Waals surface area contributed by atoms with Crippen LogP contribution in [-0.4, -0.2) is 18.5 Å². The first-order chi connectivity index (χ1) is 10.8. The predicted octanol–water partition coefficient (Wildman–Crippen LogP) is 4.07. The molecule has 0 fully saturated rings. The van der Waals surface area contributed by atoms with E-state index >= 15 is 0 Å². The number of carbonyl (C=O) groups is 2. The zero-order valence-electron chi connectivity index (χ0n) is 11.4.